The Morgan fingerprint density at radius 1 is 1.11 bits per heavy atom. The van der Waals surface area contributed by atoms with Gasteiger partial charge in [0.15, 0.2) is 0 Å². The van der Waals surface area contributed by atoms with Crippen LogP contribution in [-0.4, -0.2) is 5.24 Å². The van der Waals surface area contributed by atoms with E-state index in [4.69, 9.17) is 16.3 Å². The molecular weight excluding hydrogens is 248 g/mol. The Morgan fingerprint density at radius 3 is 2.56 bits per heavy atom. The molecule has 0 saturated carbocycles. The van der Waals surface area contributed by atoms with Gasteiger partial charge in [0.25, 0.3) is 5.24 Å². The molecule has 2 aromatic carbocycles. The van der Waals surface area contributed by atoms with E-state index in [0.29, 0.717) is 11.3 Å². The minimum Gasteiger partial charge on any atom is -0.457 e. The predicted molar refractivity (Wildman–Crippen MR) is 72.6 cm³/mol. The molecule has 3 heteroatoms. The van der Waals surface area contributed by atoms with Crippen LogP contribution in [0.25, 0.3) is 0 Å². The zero-order chi connectivity index (χ0) is 13.1. The lowest BCUT2D eigenvalue weighted by Crippen LogP contribution is -1.92. The van der Waals surface area contributed by atoms with E-state index in [-0.39, 0.29) is 0 Å². The summed E-state index contributed by atoms with van der Waals surface area (Å²) in [6.45, 7) is 4.02. The number of ether oxygens (including phenoxy) is 1. The monoisotopic (exact) mass is 260 g/mol. The topological polar surface area (TPSA) is 26.3 Å². The number of aryl methyl sites for hydroxylation is 2. The molecule has 0 heterocycles. The highest BCUT2D eigenvalue weighted by atomic mass is 35.5. The summed E-state index contributed by atoms with van der Waals surface area (Å²) in [5.41, 5.74) is 2.67. The Morgan fingerprint density at radius 2 is 1.89 bits per heavy atom. The summed E-state index contributed by atoms with van der Waals surface area (Å²) in [4.78, 5) is 11.1. The lowest BCUT2D eigenvalue weighted by molar-refractivity contribution is 0.108. The van der Waals surface area contributed by atoms with Gasteiger partial charge < -0.3 is 4.74 Å². The second-order valence-corrected chi connectivity index (χ2v) is 4.52. The van der Waals surface area contributed by atoms with Gasteiger partial charge in [0.2, 0.25) is 0 Å². The van der Waals surface area contributed by atoms with Gasteiger partial charge in [-0.1, -0.05) is 23.8 Å². The standard InChI is InChI=1S/C15H13ClO2/c1-10-6-7-14(11(2)8-10)18-13-5-3-4-12(9-13)15(16)17/h3-9H,1-2H3. The molecule has 0 aliphatic heterocycles. The van der Waals surface area contributed by atoms with E-state index in [0.717, 1.165) is 11.3 Å². The second kappa shape index (κ2) is 5.23. The molecule has 0 unspecified atom stereocenters. The number of hydrogen-bond donors (Lipinski definition) is 0. The van der Waals surface area contributed by atoms with E-state index >= 15 is 0 Å². The highest BCUT2D eigenvalue weighted by Crippen LogP contribution is 2.26. The maximum Gasteiger partial charge on any atom is 0.252 e. The molecule has 92 valence electrons. The highest BCUT2D eigenvalue weighted by molar-refractivity contribution is 6.67. The maximum absolute atomic E-state index is 11.1. The van der Waals surface area contributed by atoms with Crippen LogP contribution < -0.4 is 4.74 Å². The van der Waals surface area contributed by atoms with Crippen molar-refractivity contribution in [3.05, 3.63) is 59.2 Å². The maximum atomic E-state index is 11.1. The van der Waals surface area contributed by atoms with Gasteiger partial charge >= 0.3 is 0 Å². The van der Waals surface area contributed by atoms with Gasteiger partial charge in [0.05, 0.1) is 0 Å². The number of rotatable bonds is 3. The van der Waals surface area contributed by atoms with Crippen LogP contribution in [0.5, 0.6) is 11.5 Å². The SMILES string of the molecule is Cc1ccc(Oc2cccc(C(=O)Cl)c2)c(C)c1. The van der Waals surface area contributed by atoms with Crippen LogP contribution in [0.1, 0.15) is 21.5 Å². The molecule has 2 rings (SSSR count). The lowest BCUT2D eigenvalue weighted by atomic mass is 10.1. The van der Waals surface area contributed by atoms with Crippen LogP contribution in [-0.2, 0) is 0 Å². The lowest BCUT2D eigenvalue weighted by Gasteiger charge is -2.09. The van der Waals surface area contributed by atoms with Gasteiger partial charge in [0, 0.05) is 5.56 Å². The van der Waals surface area contributed by atoms with Crippen LogP contribution in [0.2, 0.25) is 0 Å². The first-order valence-corrected chi connectivity index (χ1v) is 5.99. The van der Waals surface area contributed by atoms with E-state index in [1.54, 1.807) is 24.3 Å². The first kappa shape index (κ1) is 12.7. The van der Waals surface area contributed by atoms with Crippen LogP contribution in [0.15, 0.2) is 42.5 Å². The average molecular weight is 261 g/mol. The third-order valence-corrected chi connectivity index (χ3v) is 2.84. The predicted octanol–water partition coefficient (Wildman–Crippen LogP) is 4.47. The molecule has 2 nitrogen and oxygen atoms in total. The molecule has 0 aliphatic rings. The summed E-state index contributed by atoms with van der Waals surface area (Å²) in [6, 6.07) is 12.8. The summed E-state index contributed by atoms with van der Waals surface area (Å²) in [5, 5.41) is -0.485. The molecular formula is C15H13ClO2. The first-order valence-electron chi connectivity index (χ1n) is 5.61. The summed E-state index contributed by atoms with van der Waals surface area (Å²) in [6.07, 6.45) is 0. The van der Waals surface area contributed by atoms with Gasteiger partial charge in [-0.25, -0.2) is 0 Å². The second-order valence-electron chi connectivity index (χ2n) is 4.17. The summed E-state index contributed by atoms with van der Waals surface area (Å²) >= 11 is 5.44. The van der Waals surface area contributed by atoms with E-state index in [2.05, 4.69) is 0 Å². The van der Waals surface area contributed by atoms with Crippen molar-refractivity contribution in [1.29, 1.82) is 0 Å². The Labute approximate surface area is 111 Å². The molecule has 0 fully saturated rings. The number of benzene rings is 2. The summed E-state index contributed by atoms with van der Waals surface area (Å²) in [5.74, 6) is 1.38. The molecule has 18 heavy (non-hydrogen) atoms. The van der Waals surface area contributed by atoms with Crippen LogP contribution >= 0.6 is 11.6 Å². The highest BCUT2D eigenvalue weighted by Gasteiger charge is 2.05. The molecule has 0 aromatic heterocycles. The van der Waals surface area contributed by atoms with Gasteiger partial charge in [-0.05, 0) is 55.3 Å². The molecule has 0 N–H and O–H groups in total. The van der Waals surface area contributed by atoms with Gasteiger partial charge in [0.1, 0.15) is 11.5 Å². The van der Waals surface area contributed by atoms with Crippen molar-refractivity contribution in [2.75, 3.05) is 0 Å². The van der Waals surface area contributed by atoms with Gasteiger partial charge in [-0.3, -0.25) is 4.79 Å². The molecule has 0 spiro atoms. The zero-order valence-electron chi connectivity index (χ0n) is 10.2. The van der Waals surface area contributed by atoms with Crippen molar-refractivity contribution in [1.82, 2.24) is 0 Å². The molecule has 0 amide bonds. The van der Waals surface area contributed by atoms with Crippen molar-refractivity contribution < 1.29 is 9.53 Å². The van der Waals surface area contributed by atoms with E-state index < -0.39 is 5.24 Å². The van der Waals surface area contributed by atoms with Crippen molar-refractivity contribution in [2.45, 2.75) is 13.8 Å². The Bertz CT molecular complexity index is 591. The van der Waals surface area contributed by atoms with Crippen LogP contribution in [0, 0.1) is 13.8 Å². The molecule has 0 saturated heterocycles. The average Bonchev–Trinajstić information content (AvgIpc) is 2.33. The first-order chi connectivity index (χ1) is 8.56. The minimum atomic E-state index is -0.485. The fraction of sp³-hybridized carbons (Fsp3) is 0.133. The largest absolute Gasteiger partial charge is 0.457 e. The molecule has 0 radical (unpaired) electrons. The van der Waals surface area contributed by atoms with Gasteiger partial charge in [-0.15, -0.1) is 0 Å². The Balaban J connectivity index is 2.28. The fourth-order valence-electron chi connectivity index (χ4n) is 1.72. The quantitative estimate of drug-likeness (QED) is 0.761. The van der Waals surface area contributed by atoms with Crippen LogP contribution in [0.3, 0.4) is 0 Å². The molecule has 0 aliphatic carbocycles. The fourth-order valence-corrected chi connectivity index (χ4v) is 1.84. The zero-order valence-corrected chi connectivity index (χ0v) is 11.0. The van der Waals surface area contributed by atoms with Crippen molar-refractivity contribution in [2.24, 2.45) is 0 Å². The van der Waals surface area contributed by atoms with E-state index in [1.807, 2.05) is 32.0 Å². The summed E-state index contributed by atoms with van der Waals surface area (Å²) < 4.78 is 5.74. The van der Waals surface area contributed by atoms with Crippen molar-refractivity contribution >= 4 is 16.8 Å². The molecule has 0 atom stereocenters. The number of carbonyl (C=O) groups is 1. The third-order valence-electron chi connectivity index (χ3n) is 2.62. The molecule has 0 bridgehead atoms. The normalized spacial score (nSPS) is 10.2. The smallest absolute Gasteiger partial charge is 0.252 e. The summed E-state index contributed by atoms with van der Waals surface area (Å²) in [7, 11) is 0. The van der Waals surface area contributed by atoms with E-state index in [1.165, 1.54) is 5.56 Å². The van der Waals surface area contributed by atoms with Crippen molar-refractivity contribution in [3.8, 4) is 11.5 Å². The number of carbonyl (C=O) groups excluding carboxylic acids is 1. The Hall–Kier alpha value is -1.80. The molecule has 2 aromatic rings. The van der Waals surface area contributed by atoms with Crippen molar-refractivity contribution in [3.63, 3.8) is 0 Å². The van der Waals surface area contributed by atoms with Gasteiger partial charge in [-0.2, -0.15) is 0 Å². The van der Waals surface area contributed by atoms with Crippen LogP contribution in [0.4, 0.5) is 0 Å². The third kappa shape index (κ3) is 2.90. The van der Waals surface area contributed by atoms with E-state index in [9.17, 15) is 4.79 Å². The number of hydrogen-bond acceptors (Lipinski definition) is 2. The Kier molecular flexibility index (Phi) is 3.68. The minimum absolute atomic E-state index is 0.430. The number of halogens is 1.